The lowest BCUT2D eigenvalue weighted by Crippen LogP contribution is -2.38. The lowest BCUT2D eigenvalue weighted by atomic mass is 10.1. The molecule has 6 nitrogen and oxygen atoms in total. The van der Waals surface area contributed by atoms with Crippen molar-refractivity contribution in [3.63, 3.8) is 0 Å². The van der Waals surface area contributed by atoms with Gasteiger partial charge < -0.3 is 14.6 Å². The van der Waals surface area contributed by atoms with Crippen molar-refractivity contribution < 1.29 is 18.4 Å². The zero-order valence-corrected chi connectivity index (χ0v) is 20.9. The fourth-order valence-electron chi connectivity index (χ4n) is 4.17. The van der Waals surface area contributed by atoms with Crippen LogP contribution in [0, 0.1) is 12.7 Å². The van der Waals surface area contributed by atoms with Crippen molar-refractivity contribution in [3.8, 4) is 10.4 Å². The highest BCUT2D eigenvalue weighted by atomic mass is 32.1. The van der Waals surface area contributed by atoms with Crippen LogP contribution in [0.5, 0.6) is 0 Å². The molecular weight excluding hydrogens is 489 g/mol. The van der Waals surface area contributed by atoms with E-state index in [1.807, 2.05) is 37.3 Å². The largest absolute Gasteiger partial charge is 0.464 e. The van der Waals surface area contributed by atoms with E-state index in [0.717, 1.165) is 21.5 Å². The van der Waals surface area contributed by atoms with Gasteiger partial charge >= 0.3 is 0 Å². The van der Waals surface area contributed by atoms with Gasteiger partial charge in [0.05, 0.1) is 21.7 Å². The highest BCUT2D eigenvalue weighted by Gasteiger charge is 2.24. The summed E-state index contributed by atoms with van der Waals surface area (Å²) in [4.78, 5) is 33.6. The maximum Gasteiger partial charge on any atom is 0.274 e. The molecule has 0 radical (unpaired) electrons. The summed E-state index contributed by atoms with van der Waals surface area (Å²) in [6, 6.07) is 22.8. The van der Waals surface area contributed by atoms with Crippen LogP contribution < -0.4 is 5.32 Å². The van der Waals surface area contributed by atoms with E-state index < -0.39 is 0 Å². The monoisotopic (exact) mass is 513 g/mol. The number of aryl methyl sites for hydroxylation is 1. The topological polar surface area (TPSA) is 75.4 Å². The molecule has 3 aromatic carbocycles. The third-order valence-corrected chi connectivity index (χ3v) is 6.97. The molecule has 1 N–H and O–H groups in total. The number of aromatic nitrogens is 1. The first-order valence-corrected chi connectivity index (χ1v) is 12.6. The van der Waals surface area contributed by atoms with Crippen LogP contribution in [-0.2, 0) is 6.54 Å². The third-order valence-electron chi connectivity index (χ3n) is 5.95. The molecule has 0 saturated heterocycles. The Labute approximate surface area is 217 Å². The van der Waals surface area contributed by atoms with Crippen LogP contribution in [-0.4, -0.2) is 34.8 Å². The molecule has 0 spiro atoms. The van der Waals surface area contributed by atoms with Crippen LogP contribution in [0.3, 0.4) is 0 Å². The molecule has 0 aliphatic carbocycles. The first-order valence-electron chi connectivity index (χ1n) is 11.8. The predicted molar refractivity (Wildman–Crippen MR) is 142 cm³/mol. The number of carbonyl (C=O) groups is 2. The predicted octanol–water partition coefficient (Wildman–Crippen LogP) is 6.08. The molecule has 2 heterocycles. The Hall–Kier alpha value is -4.30. The van der Waals surface area contributed by atoms with Gasteiger partial charge in [0.25, 0.3) is 11.8 Å². The van der Waals surface area contributed by atoms with Gasteiger partial charge in [-0.3, -0.25) is 9.59 Å². The van der Waals surface area contributed by atoms with Gasteiger partial charge in [-0.25, -0.2) is 9.37 Å². The van der Waals surface area contributed by atoms with Crippen molar-refractivity contribution in [3.05, 3.63) is 113 Å². The summed E-state index contributed by atoms with van der Waals surface area (Å²) >= 11 is 1.39. The van der Waals surface area contributed by atoms with E-state index in [2.05, 4.69) is 10.3 Å². The summed E-state index contributed by atoms with van der Waals surface area (Å²) in [5.74, 6) is -0.834. The van der Waals surface area contributed by atoms with E-state index >= 15 is 0 Å². The number of hydrogen-bond donors (Lipinski definition) is 1. The zero-order valence-electron chi connectivity index (χ0n) is 20.1. The summed E-state index contributed by atoms with van der Waals surface area (Å²) in [5, 5.41) is 4.40. The number of nitrogens with zero attached hydrogens (tertiary/aromatic N) is 2. The molecule has 0 atom stereocenters. The molecule has 0 bridgehead atoms. The molecule has 5 rings (SSSR count). The highest BCUT2D eigenvalue weighted by molar-refractivity contribution is 7.15. The summed E-state index contributed by atoms with van der Waals surface area (Å²) in [6.07, 6.45) is 1.55. The second-order valence-electron chi connectivity index (χ2n) is 8.52. The van der Waals surface area contributed by atoms with Crippen LogP contribution in [0.1, 0.15) is 31.4 Å². The van der Waals surface area contributed by atoms with E-state index in [1.165, 1.54) is 23.5 Å². The van der Waals surface area contributed by atoms with Crippen molar-refractivity contribution in [2.24, 2.45) is 0 Å². The second-order valence-corrected chi connectivity index (χ2v) is 9.73. The van der Waals surface area contributed by atoms with Gasteiger partial charge in [0, 0.05) is 25.0 Å². The van der Waals surface area contributed by atoms with Gasteiger partial charge in [-0.2, -0.15) is 0 Å². The van der Waals surface area contributed by atoms with E-state index in [0.29, 0.717) is 28.3 Å². The molecule has 2 aromatic heterocycles. The average Bonchev–Trinajstić information content (AvgIpc) is 3.55. The molecule has 5 aromatic rings. The smallest absolute Gasteiger partial charge is 0.274 e. The average molecular weight is 514 g/mol. The summed E-state index contributed by atoms with van der Waals surface area (Å²) in [5.41, 5.74) is 3.17. The maximum atomic E-state index is 13.8. The van der Waals surface area contributed by atoms with Crippen molar-refractivity contribution >= 4 is 34.1 Å². The minimum atomic E-state index is -0.342. The minimum Gasteiger partial charge on any atom is -0.464 e. The summed E-state index contributed by atoms with van der Waals surface area (Å²) in [6.45, 7) is 2.72. The molecule has 0 aliphatic rings. The van der Waals surface area contributed by atoms with E-state index in [1.54, 1.807) is 47.6 Å². The Kier molecular flexibility index (Phi) is 7.09. The fourth-order valence-corrected chi connectivity index (χ4v) is 5.08. The minimum absolute atomic E-state index is 0.240. The van der Waals surface area contributed by atoms with Crippen molar-refractivity contribution in [1.29, 1.82) is 0 Å². The maximum absolute atomic E-state index is 13.8. The van der Waals surface area contributed by atoms with Crippen LogP contribution >= 0.6 is 11.3 Å². The van der Waals surface area contributed by atoms with Crippen molar-refractivity contribution in [2.45, 2.75) is 13.5 Å². The number of nitrogens with one attached hydrogen (secondary N) is 1. The summed E-state index contributed by atoms with van der Waals surface area (Å²) in [7, 11) is 0. The standard InChI is InChI=1S/C29H24FN3O3S/c1-19-32-26(27(37-19)21-10-12-22(30)13-11-21)29(35)33(18-20-6-3-2-4-7-20)16-15-31-28(34)24-8-5-9-25-23(24)14-17-36-25/h2-14,17H,15-16,18H2,1H3,(H,31,34). The third kappa shape index (κ3) is 5.44. The van der Waals surface area contributed by atoms with Crippen molar-refractivity contribution in [1.82, 2.24) is 15.2 Å². The van der Waals surface area contributed by atoms with Gasteiger partial charge in [-0.1, -0.05) is 48.5 Å². The van der Waals surface area contributed by atoms with Crippen LogP contribution in [0.15, 0.2) is 89.5 Å². The first-order chi connectivity index (χ1) is 18.0. The quantitative estimate of drug-likeness (QED) is 0.273. The Bertz CT molecular complexity index is 1540. The van der Waals surface area contributed by atoms with Crippen LogP contribution in [0.4, 0.5) is 4.39 Å². The Morgan fingerprint density at radius 1 is 1.00 bits per heavy atom. The van der Waals surface area contributed by atoms with E-state index in [4.69, 9.17) is 4.42 Å². The Morgan fingerprint density at radius 2 is 1.78 bits per heavy atom. The van der Waals surface area contributed by atoms with Gasteiger partial charge in [0.1, 0.15) is 17.1 Å². The lowest BCUT2D eigenvalue weighted by molar-refractivity contribution is 0.0732. The number of benzene rings is 3. The number of carbonyl (C=O) groups excluding carboxylic acids is 2. The van der Waals surface area contributed by atoms with Crippen LogP contribution in [0.2, 0.25) is 0 Å². The summed E-state index contributed by atoms with van der Waals surface area (Å²) < 4.78 is 18.9. The first kappa shape index (κ1) is 24.4. The molecule has 37 heavy (non-hydrogen) atoms. The second kappa shape index (κ2) is 10.8. The van der Waals surface area contributed by atoms with Gasteiger partial charge in [0.2, 0.25) is 0 Å². The van der Waals surface area contributed by atoms with Crippen LogP contribution in [0.25, 0.3) is 21.4 Å². The molecule has 2 amide bonds. The highest BCUT2D eigenvalue weighted by Crippen LogP contribution is 2.31. The van der Waals surface area contributed by atoms with Gasteiger partial charge in [0.15, 0.2) is 0 Å². The van der Waals surface area contributed by atoms with E-state index in [9.17, 15) is 14.0 Å². The lowest BCUT2D eigenvalue weighted by Gasteiger charge is -2.23. The fraction of sp³-hybridized carbons (Fsp3) is 0.138. The number of rotatable bonds is 8. The molecule has 0 fully saturated rings. The molecular formula is C29H24FN3O3S. The normalized spacial score (nSPS) is 11.0. The molecule has 0 unspecified atom stereocenters. The number of furan rings is 1. The number of amides is 2. The molecule has 8 heteroatoms. The number of halogens is 1. The van der Waals surface area contributed by atoms with Crippen molar-refractivity contribution in [2.75, 3.05) is 13.1 Å². The van der Waals surface area contributed by atoms with E-state index in [-0.39, 0.29) is 30.7 Å². The Morgan fingerprint density at radius 3 is 2.57 bits per heavy atom. The number of fused-ring (bicyclic) bond motifs is 1. The number of thiazole rings is 1. The molecule has 0 aliphatic heterocycles. The molecule has 0 saturated carbocycles. The zero-order chi connectivity index (χ0) is 25.8. The Balaban J connectivity index is 1.37. The van der Waals surface area contributed by atoms with Gasteiger partial charge in [-0.15, -0.1) is 11.3 Å². The SMILES string of the molecule is Cc1nc(C(=O)N(CCNC(=O)c2cccc3occc23)Cc2ccccc2)c(-c2ccc(F)cc2)s1. The van der Waals surface area contributed by atoms with Gasteiger partial charge in [-0.05, 0) is 48.4 Å². The number of hydrogen-bond acceptors (Lipinski definition) is 5. The molecule has 186 valence electrons.